The van der Waals surface area contributed by atoms with E-state index in [9.17, 15) is 9.59 Å². The van der Waals surface area contributed by atoms with Gasteiger partial charge in [-0.05, 0) is 25.7 Å². The van der Waals surface area contributed by atoms with Crippen molar-refractivity contribution >= 4 is 11.9 Å². The van der Waals surface area contributed by atoms with E-state index >= 15 is 0 Å². The predicted octanol–water partition coefficient (Wildman–Crippen LogP) is 0.332. The van der Waals surface area contributed by atoms with Gasteiger partial charge in [0.15, 0.2) is 0 Å². The summed E-state index contributed by atoms with van der Waals surface area (Å²) in [5, 5.41) is 0. The van der Waals surface area contributed by atoms with E-state index in [-0.39, 0.29) is 17.6 Å². The van der Waals surface area contributed by atoms with Gasteiger partial charge in [-0.15, -0.1) is 0 Å². The second kappa shape index (κ2) is 6.70. The predicted molar refractivity (Wildman–Crippen MR) is 86.8 cm³/mol. The molecule has 3 rings (SSSR count). The van der Waals surface area contributed by atoms with Gasteiger partial charge in [0.2, 0.25) is 5.95 Å². The molecule has 1 aromatic heterocycles. The highest BCUT2D eigenvalue weighted by atomic mass is 16.5. The maximum atomic E-state index is 12.6. The van der Waals surface area contributed by atoms with Crippen molar-refractivity contribution in [2.45, 2.75) is 38.2 Å². The van der Waals surface area contributed by atoms with E-state index in [1.807, 2.05) is 19.0 Å². The Hall–Kier alpha value is -1.89. The maximum Gasteiger partial charge on any atom is 0.255 e. The van der Waals surface area contributed by atoms with Gasteiger partial charge in [0.05, 0.1) is 5.69 Å². The molecule has 1 fully saturated rings. The highest BCUT2D eigenvalue weighted by Gasteiger charge is 2.29. The molecule has 0 aliphatic carbocycles. The summed E-state index contributed by atoms with van der Waals surface area (Å²) < 4.78 is 5.60. The minimum absolute atomic E-state index is 0.0572. The van der Waals surface area contributed by atoms with Crippen molar-refractivity contribution in [2.75, 3.05) is 38.7 Å². The van der Waals surface area contributed by atoms with Crippen LogP contribution in [0.5, 0.6) is 0 Å². The molecule has 2 aliphatic heterocycles. The SMILES string of the molecule is CN(C)c1nc2c(c(=O)[nH]1)CCN(C(=O)[C@H]1CCCCO1)CC2. The standard InChI is InChI=1S/C16H24N4O3/c1-19(2)16-17-12-7-9-20(8-6-11(12)14(21)18-16)15(22)13-5-3-4-10-23-13/h13H,3-10H2,1-2H3,(H,17,18,21)/t13-/m1/s1. The van der Waals surface area contributed by atoms with Crippen LogP contribution < -0.4 is 10.5 Å². The summed E-state index contributed by atoms with van der Waals surface area (Å²) in [4.78, 5) is 35.8. The van der Waals surface area contributed by atoms with E-state index in [4.69, 9.17) is 4.74 Å². The third-order valence-corrected chi connectivity index (χ3v) is 4.53. The Labute approximate surface area is 135 Å². The molecule has 1 saturated heterocycles. The third-order valence-electron chi connectivity index (χ3n) is 4.53. The lowest BCUT2D eigenvalue weighted by atomic mass is 10.1. The van der Waals surface area contributed by atoms with Crippen LogP contribution in [0.1, 0.15) is 30.5 Å². The van der Waals surface area contributed by atoms with Crippen molar-refractivity contribution in [3.63, 3.8) is 0 Å². The van der Waals surface area contributed by atoms with E-state index in [1.165, 1.54) is 0 Å². The number of rotatable bonds is 2. The molecule has 1 N–H and O–H groups in total. The average molecular weight is 320 g/mol. The number of carbonyl (C=O) groups excluding carboxylic acids is 1. The van der Waals surface area contributed by atoms with E-state index in [0.29, 0.717) is 44.0 Å². The Morgan fingerprint density at radius 1 is 1.30 bits per heavy atom. The zero-order valence-corrected chi connectivity index (χ0v) is 13.8. The Morgan fingerprint density at radius 3 is 2.78 bits per heavy atom. The lowest BCUT2D eigenvalue weighted by Crippen LogP contribution is -2.43. The molecule has 2 aliphatic rings. The van der Waals surface area contributed by atoms with E-state index in [1.54, 1.807) is 4.90 Å². The summed E-state index contributed by atoms with van der Waals surface area (Å²) in [6, 6.07) is 0. The number of anilines is 1. The van der Waals surface area contributed by atoms with Crippen LogP contribution >= 0.6 is 0 Å². The van der Waals surface area contributed by atoms with Crippen molar-refractivity contribution < 1.29 is 9.53 Å². The van der Waals surface area contributed by atoms with Gasteiger partial charge in [-0.2, -0.15) is 0 Å². The number of nitrogens with zero attached hydrogens (tertiary/aromatic N) is 3. The van der Waals surface area contributed by atoms with Gasteiger partial charge >= 0.3 is 0 Å². The summed E-state index contributed by atoms with van der Waals surface area (Å²) in [6.45, 7) is 1.81. The topological polar surface area (TPSA) is 78.5 Å². The monoisotopic (exact) mass is 320 g/mol. The van der Waals surface area contributed by atoms with Gasteiger partial charge in [0.1, 0.15) is 6.10 Å². The summed E-state index contributed by atoms with van der Waals surface area (Å²) in [7, 11) is 3.69. The number of fused-ring (bicyclic) bond motifs is 1. The lowest BCUT2D eigenvalue weighted by Gasteiger charge is -2.28. The Balaban J connectivity index is 1.75. The Kier molecular flexibility index (Phi) is 4.66. The number of aromatic amines is 1. The zero-order chi connectivity index (χ0) is 16.4. The van der Waals surface area contributed by atoms with Crippen LogP contribution in [-0.4, -0.2) is 60.7 Å². The minimum atomic E-state index is -0.312. The molecular weight excluding hydrogens is 296 g/mol. The van der Waals surface area contributed by atoms with Gasteiger partial charge in [0.25, 0.3) is 11.5 Å². The number of H-pyrrole nitrogens is 1. The van der Waals surface area contributed by atoms with E-state index in [2.05, 4.69) is 9.97 Å². The number of hydrogen-bond donors (Lipinski definition) is 1. The molecule has 0 unspecified atom stereocenters. The molecular formula is C16H24N4O3. The third kappa shape index (κ3) is 3.39. The van der Waals surface area contributed by atoms with Gasteiger partial charge < -0.3 is 14.5 Å². The molecule has 7 heteroatoms. The van der Waals surface area contributed by atoms with E-state index < -0.39 is 0 Å². The smallest absolute Gasteiger partial charge is 0.255 e. The van der Waals surface area contributed by atoms with Gasteiger partial charge in [-0.25, -0.2) is 4.98 Å². The molecule has 7 nitrogen and oxygen atoms in total. The number of amides is 1. The van der Waals surface area contributed by atoms with Crippen molar-refractivity contribution in [3.05, 3.63) is 21.6 Å². The second-order valence-corrected chi connectivity index (χ2v) is 6.39. The second-order valence-electron chi connectivity index (χ2n) is 6.39. The fraction of sp³-hybridized carbons (Fsp3) is 0.688. The largest absolute Gasteiger partial charge is 0.368 e. The van der Waals surface area contributed by atoms with Crippen molar-refractivity contribution in [1.82, 2.24) is 14.9 Å². The molecule has 1 aromatic rings. The molecule has 3 heterocycles. The first kappa shape index (κ1) is 16.0. The van der Waals surface area contributed by atoms with Crippen LogP contribution in [0.3, 0.4) is 0 Å². The van der Waals surface area contributed by atoms with Crippen LogP contribution in [-0.2, 0) is 22.4 Å². The highest BCUT2D eigenvalue weighted by Crippen LogP contribution is 2.18. The molecule has 0 spiro atoms. The molecule has 0 aromatic carbocycles. The normalized spacial score (nSPS) is 21.5. The zero-order valence-electron chi connectivity index (χ0n) is 13.8. The Bertz CT molecular complexity index is 635. The number of hydrogen-bond acceptors (Lipinski definition) is 5. The van der Waals surface area contributed by atoms with E-state index in [0.717, 1.165) is 25.0 Å². The highest BCUT2D eigenvalue weighted by molar-refractivity contribution is 5.81. The van der Waals surface area contributed by atoms with Crippen molar-refractivity contribution in [1.29, 1.82) is 0 Å². The van der Waals surface area contributed by atoms with Crippen LogP contribution in [0.25, 0.3) is 0 Å². The number of carbonyl (C=O) groups is 1. The van der Waals surface area contributed by atoms with Crippen LogP contribution in [0, 0.1) is 0 Å². The summed E-state index contributed by atoms with van der Waals surface area (Å²) in [6.07, 6.45) is 3.71. The summed E-state index contributed by atoms with van der Waals surface area (Å²) in [5.74, 6) is 0.617. The number of aromatic nitrogens is 2. The van der Waals surface area contributed by atoms with Gasteiger partial charge in [-0.3, -0.25) is 14.6 Å². The first-order valence-electron chi connectivity index (χ1n) is 8.26. The van der Waals surface area contributed by atoms with Crippen LogP contribution in [0.15, 0.2) is 4.79 Å². The first-order valence-corrected chi connectivity index (χ1v) is 8.26. The quantitative estimate of drug-likeness (QED) is 0.850. The lowest BCUT2D eigenvalue weighted by molar-refractivity contribution is -0.146. The minimum Gasteiger partial charge on any atom is -0.368 e. The fourth-order valence-corrected chi connectivity index (χ4v) is 3.17. The first-order chi connectivity index (χ1) is 11.1. The molecule has 0 saturated carbocycles. The molecule has 1 atom stereocenters. The number of nitrogens with one attached hydrogen (secondary N) is 1. The number of ether oxygens (including phenoxy) is 1. The van der Waals surface area contributed by atoms with Crippen molar-refractivity contribution in [3.8, 4) is 0 Å². The Morgan fingerprint density at radius 2 is 2.09 bits per heavy atom. The molecule has 0 bridgehead atoms. The van der Waals surface area contributed by atoms with Gasteiger partial charge in [0, 0.05) is 45.8 Å². The van der Waals surface area contributed by atoms with Gasteiger partial charge in [-0.1, -0.05) is 0 Å². The van der Waals surface area contributed by atoms with Crippen molar-refractivity contribution in [2.24, 2.45) is 0 Å². The van der Waals surface area contributed by atoms with Crippen LogP contribution in [0.4, 0.5) is 5.95 Å². The average Bonchev–Trinajstić information content (AvgIpc) is 2.78. The summed E-state index contributed by atoms with van der Waals surface area (Å²) >= 11 is 0. The molecule has 126 valence electrons. The summed E-state index contributed by atoms with van der Waals surface area (Å²) in [5.41, 5.74) is 1.41. The molecule has 1 amide bonds. The fourth-order valence-electron chi connectivity index (χ4n) is 3.17. The molecule has 0 radical (unpaired) electrons. The van der Waals surface area contributed by atoms with Crippen LogP contribution in [0.2, 0.25) is 0 Å². The maximum absolute atomic E-state index is 12.6. The molecule has 23 heavy (non-hydrogen) atoms.